The number of alkyl carbamates (subject to hydrolysis) is 1. The van der Waals surface area contributed by atoms with Crippen molar-refractivity contribution < 1.29 is 32.2 Å². The van der Waals surface area contributed by atoms with Gasteiger partial charge in [-0.2, -0.15) is 4.31 Å². The molecule has 11 nitrogen and oxygen atoms in total. The summed E-state index contributed by atoms with van der Waals surface area (Å²) in [6.45, 7) is 8.02. The number of amides is 1. The zero-order valence-electron chi connectivity index (χ0n) is 28.8. The van der Waals surface area contributed by atoms with E-state index in [1.807, 2.05) is 18.2 Å². The summed E-state index contributed by atoms with van der Waals surface area (Å²) < 4.78 is 54.8. The van der Waals surface area contributed by atoms with Crippen LogP contribution in [0.1, 0.15) is 58.3 Å². The van der Waals surface area contributed by atoms with Gasteiger partial charge in [-0.3, -0.25) is 0 Å². The molecular weight excluding hydrogens is 677 g/mol. The van der Waals surface area contributed by atoms with Gasteiger partial charge in [0.2, 0.25) is 10.0 Å². The van der Waals surface area contributed by atoms with Gasteiger partial charge in [-0.05, 0) is 86.1 Å². The number of rotatable bonds is 14. The molecule has 6 fully saturated rings. The maximum absolute atomic E-state index is 14.4. The number of benzene rings is 1. The Bertz CT molecular complexity index is 1800. The van der Waals surface area contributed by atoms with Crippen molar-refractivity contribution in [2.45, 2.75) is 93.8 Å². The van der Waals surface area contributed by atoms with Gasteiger partial charge in [0.15, 0.2) is 11.4 Å². The van der Waals surface area contributed by atoms with Crippen molar-refractivity contribution in [1.82, 2.24) is 14.6 Å². The van der Waals surface area contributed by atoms with E-state index in [1.165, 1.54) is 11.3 Å². The third-order valence-corrected chi connectivity index (χ3v) is 14.2. The fourth-order valence-electron chi connectivity index (χ4n) is 7.97. The van der Waals surface area contributed by atoms with Crippen LogP contribution in [0, 0.1) is 23.2 Å². The number of carbonyl (C=O) groups is 1. The summed E-state index contributed by atoms with van der Waals surface area (Å²) in [6, 6.07) is 5.31. The molecule has 9 rings (SSSR count). The minimum atomic E-state index is -3.84. The average molecular weight is 725 g/mol. The largest absolute Gasteiger partial charge is 0.445 e. The van der Waals surface area contributed by atoms with E-state index in [-0.39, 0.29) is 59.1 Å². The Hall–Kier alpha value is -2.81. The second-order valence-electron chi connectivity index (χ2n) is 15.4. The van der Waals surface area contributed by atoms with Gasteiger partial charge in [0.05, 0.1) is 34.4 Å². The number of sulfonamides is 1. The number of methoxy groups -OCH3 is 1. The lowest BCUT2D eigenvalue weighted by Gasteiger charge is -2.36. The molecule has 3 saturated carbocycles. The molecule has 1 aromatic heterocycles. The van der Waals surface area contributed by atoms with Gasteiger partial charge in [-0.1, -0.05) is 43.1 Å². The van der Waals surface area contributed by atoms with Crippen LogP contribution in [0.5, 0.6) is 0 Å². The predicted octanol–water partition coefficient (Wildman–Crippen LogP) is 6.00. The molecular formula is C37H48N4O7S2. The number of ether oxygens (including phenoxy) is 4. The molecule has 2 aromatic rings. The molecule has 6 unspecified atom stereocenters. The number of anilines is 1. The summed E-state index contributed by atoms with van der Waals surface area (Å²) >= 11 is 1.49. The van der Waals surface area contributed by atoms with Crippen LogP contribution in [-0.4, -0.2) is 87.8 Å². The Labute approximate surface area is 298 Å². The van der Waals surface area contributed by atoms with Crippen LogP contribution >= 0.6 is 11.3 Å². The first kappa shape index (κ1) is 34.3. The summed E-state index contributed by atoms with van der Waals surface area (Å²) in [5.74, 6) is 0.511. The first-order valence-corrected chi connectivity index (χ1v) is 20.3. The number of carbonyl (C=O) groups excluding carboxylic acids is 1. The molecule has 4 bridgehead atoms. The SMILES string of the molecule is C=C1C=C(C[C@@H](CCN(CC2(C)CC2)S(=O)(=O)c2ccc3nc(NC4CC4)sc3c2)NC(=O)OC2C3CCC4C(OC3)OCC42)C=CC1OC. The number of nitrogens with zero attached hydrogens (tertiary/aromatic N) is 2. The highest BCUT2D eigenvalue weighted by molar-refractivity contribution is 7.89. The van der Waals surface area contributed by atoms with Crippen molar-refractivity contribution in [3.8, 4) is 0 Å². The third-order valence-electron chi connectivity index (χ3n) is 11.4. The normalized spacial score (nSPS) is 30.3. The minimum absolute atomic E-state index is 0.0610. The molecule has 1 amide bonds. The molecule has 4 heterocycles. The number of hydrogen-bond acceptors (Lipinski definition) is 10. The zero-order valence-corrected chi connectivity index (χ0v) is 30.5. The molecule has 270 valence electrons. The lowest BCUT2D eigenvalue weighted by Crippen LogP contribution is -2.46. The van der Waals surface area contributed by atoms with E-state index in [0.717, 1.165) is 65.0 Å². The van der Waals surface area contributed by atoms with E-state index >= 15 is 0 Å². The Morgan fingerprint density at radius 2 is 2.00 bits per heavy atom. The summed E-state index contributed by atoms with van der Waals surface area (Å²) in [5, 5.41) is 7.41. The van der Waals surface area contributed by atoms with Gasteiger partial charge < -0.3 is 29.6 Å². The lowest BCUT2D eigenvalue weighted by atomic mass is 9.74. The smallest absolute Gasteiger partial charge is 0.407 e. The van der Waals surface area contributed by atoms with Gasteiger partial charge in [0.25, 0.3) is 0 Å². The molecule has 13 heteroatoms. The van der Waals surface area contributed by atoms with E-state index in [9.17, 15) is 13.2 Å². The summed E-state index contributed by atoms with van der Waals surface area (Å²) in [5.41, 5.74) is 2.54. The van der Waals surface area contributed by atoms with Crippen LogP contribution in [-0.2, 0) is 29.0 Å². The van der Waals surface area contributed by atoms with Crippen LogP contribution in [0.15, 0.2) is 59.0 Å². The van der Waals surface area contributed by atoms with Crippen molar-refractivity contribution in [3.63, 3.8) is 0 Å². The van der Waals surface area contributed by atoms with Crippen LogP contribution in [0.2, 0.25) is 0 Å². The highest BCUT2D eigenvalue weighted by Crippen LogP contribution is 2.47. The topological polar surface area (TPSA) is 128 Å². The van der Waals surface area contributed by atoms with Gasteiger partial charge >= 0.3 is 6.09 Å². The first-order chi connectivity index (χ1) is 24.1. The van der Waals surface area contributed by atoms with Crippen LogP contribution in [0.3, 0.4) is 0 Å². The second-order valence-corrected chi connectivity index (χ2v) is 18.4. The third kappa shape index (κ3) is 7.27. The Morgan fingerprint density at radius 1 is 1.18 bits per heavy atom. The van der Waals surface area contributed by atoms with Crippen molar-refractivity contribution in [2.24, 2.45) is 23.2 Å². The van der Waals surface area contributed by atoms with Crippen LogP contribution < -0.4 is 10.6 Å². The van der Waals surface area contributed by atoms with Crippen molar-refractivity contribution in [1.29, 1.82) is 0 Å². The van der Waals surface area contributed by atoms with Crippen molar-refractivity contribution >= 4 is 42.8 Å². The van der Waals surface area contributed by atoms with Crippen molar-refractivity contribution in [3.05, 3.63) is 54.2 Å². The second kappa shape index (κ2) is 13.6. The fraction of sp³-hybridized carbons (Fsp3) is 0.622. The number of aromatic nitrogens is 1. The zero-order chi connectivity index (χ0) is 34.6. The summed E-state index contributed by atoms with van der Waals surface area (Å²) in [4.78, 5) is 18.6. The Morgan fingerprint density at radius 3 is 2.76 bits per heavy atom. The quantitative estimate of drug-likeness (QED) is 0.241. The number of thiazole rings is 1. The molecule has 3 aliphatic heterocycles. The number of fused-ring (bicyclic) bond motifs is 3. The molecule has 4 aliphatic carbocycles. The molecule has 50 heavy (non-hydrogen) atoms. The fourth-order valence-corrected chi connectivity index (χ4v) is 10.7. The monoisotopic (exact) mass is 724 g/mol. The van der Waals surface area contributed by atoms with E-state index in [1.54, 1.807) is 29.6 Å². The molecule has 7 atom stereocenters. The van der Waals surface area contributed by atoms with Gasteiger partial charge in [0.1, 0.15) is 6.10 Å². The summed E-state index contributed by atoms with van der Waals surface area (Å²) in [6.07, 6.45) is 11.9. The maximum Gasteiger partial charge on any atom is 0.407 e. The summed E-state index contributed by atoms with van der Waals surface area (Å²) in [7, 11) is -2.19. The maximum atomic E-state index is 14.4. The van der Waals surface area contributed by atoms with Crippen molar-refractivity contribution in [2.75, 3.05) is 38.7 Å². The van der Waals surface area contributed by atoms with Gasteiger partial charge in [0, 0.05) is 50.0 Å². The van der Waals surface area contributed by atoms with E-state index < -0.39 is 16.1 Å². The molecule has 7 aliphatic rings. The molecule has 0 radical (unpaired) electrons. The Balaban J connectivity index is 1.01. The average Bonchev–Trinajstić information content (AvgIpc) is 3.98. The highest BCUT2D eigenvalue weighted by atomic mass is 32.2. The minimum Gasteiger partial charge on any atom is -0.445 e. The number of allylic oxidation sites excluding steroid dienone is 1. The Kier molecular flexibility index (Phi) is 9.35. The molecule has 2 N–H and O–H groups in total. The molecule has 3 saturated heterocycles. The predicted molar refractivity (Wildman–Crippen MR) is 191 cm³/mol. The van der Waals surface area contributed by atoms with E-state index in [2.05, 4.69) is 29.1 Å². The van der Waals surface area contributed by atoms with Crippen LogP contribution in [0.4, 0.5) is 9.93 Å². The number of hydrogen-bond donors (Lipinski definition) is 2. The standard InChI is InChI=1S/C37H48N4O7S2/c1-22-16-23(4-11-31(22)45-3)17-26(39-36(42)48-33-24-5-9-28-29(33)20-47-34(28)46-19-24)12-15-41(21-37(2)13-14-37)50(43,44)27-8-10-30-32(18-27)49-35(40-30)38-25-6-7-25/h4,8,10-11,16,18,24-26,28-29,31,33-34H,1,5-7,9,12-15,17,19-21H2,2-3H3,(H,38,40)(H,39,42)/t24?,26-,28?,29?,31?,33?,34?/m1/s1. The highest BCUT2D eigenvalue weighted by Gasteiger charge is 2.53. The molecule has 1 aromatic carbocycles. The van der Waals surface area contributed by atoms with E-state index in [4.69, 9.17) is 18.9 Å². The van der Waals surface area contributed by atoms with Gasteiger partial charge in [-0.25, -0.2) is 18.2 Å². The van der Waals surface area contributed by atoms with Crippen LogP contribution in [0.25, 0.3) is 10.2 Å². The molecule has 0 spiro atoms. The first-order valence-electron chi connectivity index (χ1n) is 18.0. The van der Waals surface area contributed by atoms with E-state index in [0.29, 0.717) is 38.6 Å². The number of nitrogens with one attached hydrogen (secondary N) is 2. The lowest BCUT2D eigenvalue weighted by molar-refractivity contribution is -0.135. The van der Waals surface area contributed by atoms with Gasteiger partial charge in [-0.15, -0.1) is 0 Å².